The molecule has 0 unspecified atom stereocenters. The van der Waals surface area contributed by atoms with Crippen molar-refractivity contribution in [1.29, 1.82) is 0 Å². The molecular formula is C13H11N3OS. The minimum Gasteiger partial charge on any atom is -0.460 e. The van der Waals surface area contributed by atoms with Crippen molar-refractivity contribution in [2.45, 2.75) is 6.92 Å². The Labute approximate surface area is 108 Å². The Morgan fingerprint density at radius 2 is 1.94 bits per heavy atom. The Hall–Kier alpha value is -2.14. The van der Waals surface area contributed by atoms with Crippen molar-refractivity contribution in [3.8, 4) is 21.9 Å². The van der Waals surface area contributed by atoms with E-state index in [2.05, 4.69) is 9.97 Å². The van der Waals surface area contributed by atoms with Gasteiger partial charge in [-0.25, -0.2) is 4.98 Å². The molecule has 4 nitrogen and oxygen atoms in total. The number of hydrogen-bond acceptors (Lipinski definition) is 5. The van der Waals surface area contributed by atoms with E-state index in [4.69, 9.17) is 10.2 Å². The van der Waals surface area contributed by atoms with Crippen LogP contribution in [-0.2, 0) is 0 Å². The third kappa shape index (κ3) is 1.89. The molecular weight excluding hydrogens is 246 g/mol. The van der Waals surface area contributed by atoms with Gasteiger partial charge in [-0.1, -0.05) is 11.3 Å². The van der Waals surface area contributed by atoms with Crippen LogP contribution in [0.4, 0.5) is 5.13 Å². The summed E-state index contributed by atoms with van der Waals surface area (Å²) >= 11 is 1.45. The molecule has 5 heteroatoms. The molecule has 3 heterocycles. The van der Waals surface area contributed by atoms with E-state index in [1.807, 2.05) is 31.2 Å². The summed E-state index contributed by atoms with van der Waals surface area (Å²) in [6.45, 7) is 1.91. The Bertz CT molecular complexity index is 673. The van der Waals surface area contributed by atoms with Gasteiger partial charge in [0.15, 0.2) is 10.9 Å². The summed E-state index contributed by atoms with van der Waals surface area (Å²) in [6.07, 6.45) is 3.50. The molecule has 0 amide bonds. The van der Waals surface area contributed by atoms with Gasteiger partial charge in [0.1, 0.15) is 11.5 Å². The molecule has 0 aliphatic rings. The van der Waals surface area contributed by atoms with E-state index in [1.165, 1.54) is 11.3 Å². The number of anilines is 1. The van der Waals surface area contributed by atoms with Crippen LogP contribution in [0.5, 0.6) is 0 Å². The number of pyridine rings is 1. The van der Waals surface area contributed by atoms with Crippen molar-refractivity contribution in [2.75, 3.05) is 5.73 Å². The van der Waals surface area contributed by atoms with E-state index in [9.17, 15) is 0 Å². The highest BCUT2D eigenvalue weighted by Crippen LogP contribution is 2.38. The van der Waals surface area contributed by atoms with Gasteiger partial charge in [-0.2, -0.15) is 0 Å². The maximum atomic E-state index is 5.81. The first-order chi connectivity index (χ1) is 8.74. The molecule has 0 aliphatic heterocycles. The number of nitrogens with two attached hydrogens (primary N) is 1. The van der Waals surface area contributed by atoms with Crippen LogP contribution >= 0.6 is 11.3 Å². The van der Waals surface area contributed by atoms with Gasteiger partial charge in [0.25, 0.3) is 0 Å². The summed E-state index contributed by atoms with van der Waals surface area (Å²) in [7, 11) is 0. The lowest BCUT2D eigenvalue weighted by molar-refractivity contribution is 0.547. The first-order valence-electron chi connectivity index (χ1n) is 5.47. The minimum absolute atomic E-state index is 0.533. The number of rotatable bonds is 2. The van der Waals surface area contributed by atoms with Crippen LogP contribution < -0.4 is 5.73 Å². The molecule has 0 fully saturated rings. The van der Waals surface area contributed by atoms with E-state index in [0.29, 0.717) is 5.13 Å². The maximum Gasteiger partial charge on any atom is 0.181 e. The van der Waals surface area contributed by atoms with Gasteiger partial charge in [0.2, 0.25) is 0 Å². The lowest BCUT2D eigenvalue weighted by Gasteiger charge is -1.98. The Morgan fingerprint density at radius 3 is 2.61 bits per heavy atom. The molecule has 3 aromatic heterocycles. The third-order valence-electron chi connectivity index (χ3n) is 2.56. The van der Waals surface area contributed by atoms with E-state index in [0.717, 1.165) is 27.7 Å². The lowest BCUT2D eigenvalue weighted by Crippen LogP contribution is -1.82. The predicted molar refractivity (Wildman–Crippen MR) is 72.2 cm³/mol. The fourth-order valence-corrected chi connectivity index (χ4v) is 2.61. The Kier molecular flexibility index (Phi) is 2.60. The van der Waals surface area contributed by atoms with E-state index < -0.39 is 0 Å². The number of aryl methyl sites for hydroxylation is 1. The summed E-state index contributed by atoms with van der Waals surface area (Å²) < 4.78 is 5.62. The van der Waals surface area contributed by atoms with Gasteiger partial charge in [-0.15, -0.1) is 0 Å². The zero-order valence-electron chi connectivity index (χ0n) is 9.75. The Morgan fingerprint density at radius 1 is 1.17 bits per heavy atom. The molecule has 0 radical (unpaired) electrons. The lowest BCUT2D eigenvalue weighted by atomic mass is 10.2. The van der Waals surface area contributed by atoms with Crippen LogP contribution in [0, 0.1) is 6.92 Å². The smallest absolute Gasteiger partial charge is 0.181 e. The van der Waals surface area contributed by atoms with Gasteiger partial charge in [0, 0.05) is 12.4 Å². The molecule has 0 bridgehead atoms. The third-order valence-corrected chi connectivity index (χ3v) is 3.49. The highest BCUT2D eigenvalue weighted by atomic mass is 32.1. The van der Waals surface area contributed by atoms with Crippen LogP contribution in [0.1, 0.15) is 5.76 Å². The maximum absolute atomic E-state index is 5.81. The molecule has 0 saturated heterocycles. The number of furan rings is 1. The predicted octanol–water partition coefficient (Wildman–Crippen LogP) is 3.36. The second-order valence-corrected chi connectivity index (χ2v) is 4.91. The fraction of sp³-hybridized carbons (Fsp3) is 0.0769. The second kappa shape index (κ2) is 4.27. The topological polar surface area (TPSA) is 64.9 Å². The normalized spacial score (nSPS) is 10.7. The van der Waals surface area contributed by atoms with Crippen molar-refractivity contribution in [2.24, 2.45) is 0 Å². The van der Waals surface area contributed by atoms with Gasteiger partial charge >= 0.3 is 0 Å². The van der Waals surface area contributed by atoms with Crippen LogP contribution in [0.2, 0.25) is 0 Å². The monoisotopic (exact) mass is 257 g/mol. The highest BCUT2D eigenvalue weighted by Gasteiger charge is 2.16. The molecule has 0 aliphatic carbocycles. The highest BCUT2D eigenvalue weighted by molar-refractivity contribution is 7.19. The molecule has 3 aromatic rings. The molecule has 0 saturated carbocycles. The molecule has 0 aromatic carbocycles. The zero-order chi connectivity index (χ0) is 12.5. The van der Waals surface area contributed by atoms with E-state index in [-0.39, 0.29) is 0 Å². The Balaban J connectivity index is 2.16. The van der Waals surface area contributed by atoms with Crippen LogP contribution in [-0.4, -0.2) is 9.97 Å². The SMILES string of the molecule is Cc1ccc(-c2nc(N)sc2-c2ccncc2)o1. The average molecular weight is 257 g/mol. The van der Waals surface area contributed by atoms with Gasteiger partial charge < -0.3 is 10.2 Å². The largest absolute Gasteiger partial charge is 0.460 e. The number of thiazole rings is 1. The van der Waals surface area contributed by atoms with Crippen LogP contribution in [0.3, 0.4) is 0 Å². The summed E-state index contributed by atoms with van der Waals surface area (Å²) in [5.74, 6) is 1.60. The number of hydrogen-bond donors (Lipinski definition) is 1. The summed E-state index contributed by atoms with van der Waals surface area (Å²) in [6, 6.07) is 7.70. The first-order valence-corrected chi connectivity index (χ1v) is 6.29. The van der Waals surface area contributed by atoms with E-state index >= 15 is 0 Å². The van der Waals surface area contributed by atoms with Gasteiger partial charge in [0.05, 0.1) is 4.88 Å². The number of nitrogen functional groups attached to an aromatic ring is 1. The zero-order valence-corrected chi connectivity index (χ0v) is 10.6. The van der Waals surface area contributed by atoms with Crippen LogP contribution in [0.15, 0.2) is 41.1 Å². The van der Waals surface area contributed by atoms with Crippen molar-refractivity contribution >= 4 is 16.5 Å². The minimum atomic E-state index is 0.533. The van der Waals surface area contributed by atoms with Crippen LogP contribution in [0.25, 0.3) is 21.9 Å². The van der Waals surface area contributed by atoms with E-state index in [1.54, 1.807) is 12.4 Å². The number of aromatic nitrogens is 2. The molecule has 0 spiro atoms. The molecule has 0 atom stereocenters. The number of nitrogens with zero attached hydrogens (tertiary/aromatic N) is 2. The molecule has 90 valence electrons. The van der Waals surface area contributed by atoms with Crippen molar-refractivity contribution in [3.63, 3.8) is 0 Å². The van der Waals surface area contributed by atoms with Gasteiger partial charge in [-0.3, -0.25) is 4.98 Å². The van der Waals surface area contributed by atoms with Gasteiger partial charge in [-0.05, 0) is 36.8 Å². The average Bonchev–Trinajstić information content (AvgIpc) is 2.96. The quantitative estimate of drug-likeness (QED) is 0.764. The van der Waals surface area contributed by atoms with Crippen molar-refractivity contribution in [3.05, 3.63) is 42.4 Å². The van der Waals surface area contributed by atoms with Crippen molar-refractivity contribution < 1.29 is 4.42 Å². The standard InChI is InChI=1S/C13H11N3OS/c1-8-2-3-10(17-8)11-12(18-13(14)16-11)9-4-6-15-7-5-9/h2-7H,1H3,(H2,14,16). The summed E-state index contributed by atoms with van der Waals surface area (Å²) in [5, 5.41) is 0.533. The summed E-state index contributed by atoms with van der Waals surface area (Å²) in [5.41, 5.74) is 7.64. The first kappa shape index (κ1) is 11.0. The molecule has 3 rings (SSSR count). The molecule has 2 N–H and O–H groups in total. The second-order valence-electron chi connectivity index (χ2n) is 3.88. The fourth-order valence-electron chi connectivity index (χ4n) is 1.76. The molecule has 18 heavy (non-hydrogen) atoms. The van der Waals surface area contributed by atoms with Crippen molar-refractivity contribution in [1.82, 2.24) is 9.97 Å². The summed E-state index contributed by atoms with van der Waals surface area (Å²) in [4.78, 5) is 9.37.